The summed E-state index contributed by atoms with van der Waals surface area (Å²) >= 11 is 0. The highest BCUT2D eigenvalue weighted by molar-refractivity contribution is 5.33. The van der Waals surface area contributed by atoms with Gasteiger partial charge in [-0.3, -0.25) is 4.90 Å². The molecule has 2 nitrogen and oxygen atoms in total. The van der Waals surface area contributed by atoms with Crippen LogP contribution in [0.25, 0.3) is 0 Å². The fraction of sp³-hybridized carbons (Fsp3) is 0.429. The van der Waals surface area contributed by atoms with Crippen molar-refractivity contribution >= 4 is 0 Å². The van der Waals surface area contributed by atoms with E-state index in [9.17, 15) is 0 Å². The summed E-state index contributed by atoms with van der Waals surface area (Å²) in [5.74, 6) is 0.544. The van der Waals surface area contributed by atoms with Crippen LogP contribution in [0.1, 0.15) is 40.2 Å². The molecule has 2 unspecified atom stereocenters. The van der Waals surface area contributed by atoms with Gasteiger partial charge in [-0.2, -0.15) is 0 Å². The highest BCUT2D eigenvalue weighted by atomic mass is 15.1. The van der Waals surface area contributed by atoms with Crippen LogP contribution >= 0.6 is 0 Å². The molecule has 0 aromatic heterocycles. The molecule has 2 aromatic rings. The number of nitrogens with two attached hydrogens (primary N) is 1. The van der Waals surface area contributed by atoms with E-state index in [1.54, 1.807) is 0 Å². The number of aryl methyl sites for hydroxylation is 3. The topological polar surface area (TPSA) is 29.3 Å². The van der Waals surface area contributed by atoms with Crippen molar-refractivity contribution < 1.29 is 0 Å². The van der Waals surface area contributed by atoms with Crippen LogP contribution in [0.4, 0.5) is 0 Å². The number of rotatable bonds is 3. The van der Waals surface area contributed by atoms with Crippen molar-refractivity contribution in [2.75, 3.05) is 13.1 Å². The van der Waals surface area contributed by atoms with Crippen molar-refractivity contribution in [1.29, 1.82) is 0 Å². The van der Waals surface area contributed by atoms with Crippen LogP contribution in [0.15, 0.2) is 42.5 Å². The molecule has 0 saturated carbocycles. The van der Waals surface area contributed by atoms with Crippen LogP contribution in [0, 0.1) is 20.8 Å². The van der Waals surface area contributed by atoms with E-state index in [0.717, 1.165) is 26.1 Å². The second kappa shape index (κ2) is 6.86. The molecule has 1 aliphatic rings. The lowest BCUT2D eigenvalue weighted by Crippen LogP contribution is -2.45. The second-order valence-electron chi connectivity index (χ2n) is 7.16. The third-order valence-corrected chi connectivity index (χ3v) is 5.22. The third kappa shape index (κ3) is 3.82. The highest BCUT2D eigenvalue weighted by Crippen LogP contribution is 2.29. The first-order valence-electron chi connectivity index (χ1n) is 8.62. The monoisotopic (exact) mass is 308 g/mol. The Hall–Kier alpha value is -1.64. The molecule has 1 aliphatic heterocycles. The Morgan fingerprint density at radius 2 is 1.74 bits per heavy atom. The van der Waals surface area contributed by atoms with Crippen molar-refractivity contribution in [1.82, 2.24) is 4.90 Å². The lowest BCUT2D eigenvalue weighted by Gasteiger charge is -2.37. The predicted octanol–water partition coefficient (Wildman–Crippen LogP) is 3.93. The average molecular weight is 308 g/mol. The van der Waals surface area contributed by atoms with Gasteiger partial charge in [0.15, 0.2) is 0 Å². The van der Waals surface area contributed by atoms with Gasteiger partial charge in [0.1, 0.15) is 0 Å². The van der Waals surface area contributed by atoms with Crippen LogP contribution in [0.2, 0.25) is 0 Å². The zero-order chi connectivity index (χ0) is 16.4. The lowest BCUT2D eigenvalue weighted by atomic mass is 9.86. The van der Waals surface area contributed by atoms with Crippen LogP contribution < -0.4 is 5.73 Å². The predicted molar refractivity (Wildman–Crippen MR) is 97.7 cm³/mol. The Morgan fingerprint density at radius 1 is 0.957 bits per heavy atom. The summed E-state index contributed by atoms with van der Waals surface area (Å²) in [5.41, 5.74) is 13.3. The Kier molecular flexibility index (Phi) is 4.84. The maximum absolute atomic E-state index is 6.37. The Labute approximate surface area is 140 Å². The average Bonchev–Trinajstić information content (AvgIpc) is 2.52. The molecule has 2 aromatic carbocycles. The van der Waals surface area contributed by atoms with Gasteiger partial charge in [-0.05, 0) is 60.9 Å². The molecule has 1 fully saturated rings. The van der Waals surface area contributed by atoms with E-state index in [1.165, 1.54) is 27.8 Å². The first-order chi connectivity index (χ1) is 11.0. The van der Waals surface area contributed by atoms with E-state index >= 15 is 0 Å². The van der Waals surface area contributed by atoms with Crippen molar-refractivity contribution in [3.05, 3.63) is 70.3 Å². The second-order valence-corrected chi connectivity index (χ2v) is 7.16. The van der Waals surface area contributed by atoms with E-state index in [1.807, 2.05) is 0 Å². The molecule has 122 valence electrons. The third-order valence-electron chi connectivity index (χ3n) is 5.22. The summed E-state index contributed by atoms with van der Waals surface area (Å²) in [4.78, 5) is 2.52. The fourth-order valence-electron chi connectivity index (χ4n) is 3.65. The minimum Gasteiger partial charge on any atom is -0.327 e. The zero-order valence-electron chi connectivity index (χ0n) is 14.5. The number of likely N-dealkylation sites (tertiary alicyclic amines) is 1. The summed E-state index contributed by atoms with van der Waals surface area (Å²) in [6.07, 6.45) is 1.09. The minimum atomic E-state index is 0.263. The van der Waals surface area contributed by atoms with Crippen molar-refractivity contribution in [3.8, 4) is 0 Å². The molecule has 3 rings (SSSR count). The fourth-order valence-corrected chi connectivity index (χ4v) is 3.65. The first kappa shape index (κ1) is 16.2. The molecule has 23 heavy (non-hydrogen) atoms. The van der Waals surface area contributed by atoms with Crippen LogP contribution in [-0.2, 0) is 6.54 Å². The number of piperidine rings is 1. The summed E-state index contributed by atoms with van der Waals surface area (Å²) in [5, 5.41) is 0. The van der Waals surface area contributed by atoms with Crippen molar-refractivity contribution in [2.45, 2.75) is 45.7 Å². The smallest absolute Gasteiger partial charge is 0.0237 e. The summed E-state index contributed by atoms with van der Waals surface area (Å²) < 4.78 is 0. The molecule has 0 bridgehead atoms. The lowest BCUT2D eigenvalue weighted by molar-refractivity contribution is 0.181. The molecule has 2 N–H and O–H groups in total. The van der Waals surface area contributed by atoms with Gasteiger partial charge in [0.05, 0.1) is 0 Å². The molecule has 0 spiro atoms. The van der Waals surface area contributed by atoms with Crippen LogP contribution in [0.5, 0.6) is 0 Å². The Morgan fingerprint density at radius 3 is 2.48 bits per heavy atom. The first-order valence-corrected chi connectivity index (χ1v) is 8.62. The molecule has 0 radical (unpaired) electrons. The van der Waals surface area contributed by atoms with Gasteiger partial charge >= 0.3 is 0 Å². The van der Waals surface area contributed by atoms with Crippen LogP contribution in [-0.4, -0.2) is 24.0 Å². The normalized spacial score (nSPS) is 22.3. The quantitative estimate of drug-likeness (QED) is 0.931. The molecule has 0 aliphatic carbocycles. The van der Waals surface area contributed by atoms with Crippen LogP contribution in [0.3, 0.4) is 0 Å². The molecule has 0 amide bonds. The largest absolute Gasteiger partial charge is 0.327 e. The number of nitrogens with zero attached hydrogens (tertiary/aromatic N) is 1. The van der Waals surface area contributed by atoms with Gasteiger partial charge in [0.25, 0.3) is 0 Å². The number of benzene rings is 2. The summed E-state index contributed by atoms with van der Waals surface area (Å²) in [7, 11) is 0. The van der Waals surface area contributed by atoms with E-state index in [4.69, 9.17) is 5.73 Å². The molecular weight excluding hydrogens is 280 g/mol. The molecule has 2 atom stereocenters. The Balaban J connectivity index is 1.76. The highest BCUT2D eigenvalue weighted by Gasteiger charge is 2.26. The van der Waals surface area contributed by atoms with Gasteiger partial charge in [-0.15, -0.1) is 0 Å². The number of hydrogen-bond donors (Lipinski definition) is 1. The minimum absolute atomic E-state index is 0.263. The summed E-state index contributed by atoms with van der Waals surface area (Å²) in [6, 6.07) is 15.8. The Bertz CT molecular complexity index is 677. The molecule has 2 heteroatoms. The van der Waals surface area contributed by atoms with Gasteiger partial charge in [-0.1, -0.05) is 42.5 Å². The SMILES string of the molecule is Cc1ccc(C2CC(N)CN(Cc3ccccc3C)C2)cc1C. The molecule has 1 heterocycles. The number of hydrogen-bond acceptors (Lipinski definition) is 2. The summed E-state index contributed by atoms with van der Waals surface area (Å²) in [6.45, 7) is 9.67. The molecule has 1 saturated heterocycles. The maximum atomic E-state index is 6.37. The van der Waals surface area contributed by atoms with E-state index in [2.05, 4.69) is 68.1 Å². The van der Waals surface area contributed by atoms with Gasteiger partial charge in [0.2, 0.25) is 0 Å². The maximum Gasteiger partial charge on any atom is 0.0237 e. The van der Waals surface area contributed by atoms with E-state index < -0.39 is 0 Å². The van der Waals surface area contributed by atoms with E-state index in [0.29, 0.717) is 5.92 Å². The van der Waals surface area contributed by atoms with Gasteiger partial charge < -0.3 is 5.73 Å². The standard InChI is InChI=1S/C21H28N2/c1-15-8-9-18(10-17(15)3)20-11-21(22)14-23(13-20)12-19-7-5-4-6-16(19)2/h4-10,20-21H,11-14,22H2,1-3H3. The van der Waals surface area contributed by atoms with Crippen molar-refractivity contribution in [2.24, 2.45) is 5.73 Å². The van der Waals surface area contributed by atoms with Gasteiger partial charge in [-0.25, -0.2) is 0 Å². The van der Waals surface area contributed by atoms with Gasteiger partial charge in [0, 0.05) is 25.7 Å². The zero-order valence-corrected chi connectivity index (χ0v) is 14.5. The van der Waals surface area contributed by atoms with Crippen molar-refractivity contribution in [3.63, 3.8) is 0 Å². The van der Waals surface area contributed by atoms with E-state index in [-0.39, 0.29) is 6.04 Å². The molecular formula is C21H28N2.